The summed E-state index contributed by atoms with van der Waals surface area (Å²) < 4.78 is 27.2. The van der Waals surface area contributed by atoms with E-state index in [-0.39, 0.29) is 6.42 Å². The Bertz CT molecular complexity index is 609. The SMILES string of the molecule is CCC(CC(N)=O)(c1cccc(F)c1)c1cccc(F)c1. The van der Waals surface area contributed by atoms with E-state index >= 15 is 0 Å². The minimum absolute atomic E-state index is 0.00356. The monoisotopic (exact) mass is 289 g/mol. The highest BCUT2D eigenvalue weighted by atomic mass is 19.1. The van der Waals surface area contributed by atoms with Crippen LogP contribution in [0.5, 0.6) is 0 Å². The van der Waals surface area contributed by atoms with Crippen molar-refractivity contribution in [1.29, 1.82) is 0 Å². The molecule has 110 valence electrons. The Kier molecular flexibility index (Phi) is 4.36. The van der Waals surface area contributed by atoms with Crippen molar-refractivity contribution in [2.45, 2.75) is 25.2 Å². The molecule has 4 heteroatoms. The second kappa shape index (κ2) is 6.04. The summed E-state index contributed by atoms with van der Waals surface area (Å²) in [6.45, 7) is 1.87. The van der Waals surface area contributed by atoms with Gasteiger partial charge in [0.05, 0.1) is 0 Å². The van der Waals surface area contributed by atoms with Crippen molar-refractivity contribution in [2.75, 3.05) is 0 Å². The molecule has 0 aliphatic rings. The van der Waals surface area contributed by atoms with Gasteiger partial charge in [-0.15, -0.1) is 0 Å². The first-order valence-electron chi connectivity index (χ1n) is 6.78. The van der Waals surface area contributed by atoms with Gasteiger partial charge < -0.3 is 5.73 Å². The molecule has 2 nitrogen and oxygen atoms in total. The molecule has 0 heterocycles. The summed E-state index contributed by atoms with van der Waals surface area (Å²) in [7, 11) is 0. The van der Waals surface area contributed by atoms with Gasteiger partial charge in [-0.3, -0.25) is 4.79 Å². The smallest absolute Gasteiger partial charge is 0.218 e. The quantitative estimate of drug-likeness (QED) is 0.899. The number of nitrogens with two attached hydrogens (primary N) is 1. The molecule has 0 bridgehead atoms. The van der Waals surface area contributed by atoms with Gasteiger partial charge in [-0.25, -0.2) is 8.78 Å². The van der Waals surface area contributed by atoms with E-state index in [0.29, 0.717) is 17.5 Å². The zero-order valence-corrected chi connectivity index (χ0v) is 11.8. The molecule has 2 aromatic carbocycles. The van der Waals surface area contributed by atoms with Gasteiger partial charge in [0.2, 0.25) is 5.91 Å². The summed E-state index contributed by atoms with van der Waals surface area (Å²) >= 11 is 0. The van der Waals surface area contributed by atoms with Crippen LogP contribution in [0.1, 0.15) is 30.9 Å². The minimum atomic E-state index is -0.823. The molecule has 2 aromatic rings. The van der Waals surface area contributed by atoms with Crippen molar-refractivity contribution in [2.24, 2.45) is 5.73 Å². The zero-order valence-electron chi connectivity index (χ0n) is 11.8. The van der Waals surface area contributed by atoms with Crippen LogP contribution in [0.3, 0.4) is 0 Å². The summed E-state index contributed by atoms with van der Waals surface area (Å²) in [5.74, 6) is -1.30. The van der Waals surface area contributed by atoms with E-state index in [1.165, 1.54) is 24.3 Å². The third kappa shape index (κ3) is 3.10. The Labute approximate surface area is 122 Å². The first kappa shape index (κ1) is 15.2. The van der Waals surface area contributed by atoms with Crippen LogP contribution in [0.2, 0.25) is 0 Å². The van der Waals surface area contributed by atoms with E-state index in [9.17, 15) is 13.6 Å². The average Bonchev–Trinajstić information content (AvgIpc) is 2.44. The van der Waals surface area contributed by atoms with Crippen molar-refractivity contribution in [1.82, 2.24) is 0 Å². The molecule has 0 aromatic heterocycles. The Hall–Kier alpha value is -2.23. The van der Waals surface area contributed by atoms with Crippen molar-refractivity contribution in [3.63, 3.8) is 0 Å². The lowest BCUT2D eigenvalue weighted by Gasteiger charge is -2.33. The Morgan fingerprint density at radius 2 is 1.52 bits per heavy atom. The average molecular weight is 289 g/mol. The van der Waals surface area contributed by atoms with Crippen LogP contribution in [0, 0.1) is 11.6 Å². The molecule has 0 aliphatic heterocycles. The number of hydrogen-bond acceptors (Lipinski definition) is 1. The van der Waals surface area contributed by atoms with Crippen molar-refractivity contribution >= 4 is 5.91 Å². The van der Waals surface area contributed by atoms with E-state index in [1.807, 2.05) is 6.92 Å². The number of rotatable bonds is 5. The number of amides is 1. The minimum Gasteiger partial charge on any atom is -0.370 e. The number of primary amides is 1. The van der Waals surface area contributed by atoms with Gasteiger partial charge in [0.15, 0.2) is 0 Å². The fourth-order valence-corrected chi connectivity index (χ4v) is 2.77. The van der Waals surface area contributed by atoms with Gasteiger partial charge in [0, 0.05) is 11.8 Å². The predicted octanol–water partition coefficient (Wildman–Crippen LogP) is 3.54. The van der Waals surface area contributed by atoms with Crippen molar-refractivity contribution in [3.8, 4) is 0 Å². The molecule has 0 fully saturated rings. The number of carbonyl (C=O) groups excluding carboxylic acids is 1. The number of carbonyl (C=O) groups is 1. The van der Waals surface area contributed by atoms with Gasteiger partial charge in [0.25, 0.3) is 0 Å². The third-order valence-corrected chi connectivity index (χ3v) is 3.83. The highest BCUT2D eigenvalue weighted by Crippen LogP contribution is 2.39. The lowest BCUT2D eigenvalue weighted by Crippen LogP contribution is -2.33. The number of benzene rings is 2. The molecular formula is C17H17F2NO. The van der Waals surface area contributed by atoms with Crippen molar-refractivity contribution in [3.05, 3.63) is 71.3 Å². The van der Waals surface area contributed by atoms with Crippen LogP contribution in [-0.2, 0) is 10.2 Å². The standard InChI is InChI=1S/C17H17F2NO/c1-2-17(11-16(20)21,12-5-3-7-14(18)9-12)13-6-4-8-15(19)10-13/h3-10H,2,11H2,1H3,(H2,20,21). The maximum atomic E-state index is 13.6. The highest BCUT2D eigenvalue weighted by Gasteiger charge is 2.34. The summed E-state index contributed by atoms with van der Waals surface area (Å²) in [6, 6.07) is 12.0. The second-order valence-corrected chi connectivity index (χ2v) is 5.10. The summed E-state index contributed by atoms with van der Waals surface area (Å²) in [5, 5.41) is 0. The van der Waals surface area contributed by atoms with Crippen LogP contribution in [0.25, 0.3) is 0 Å². The van der Waals surface area contributed by atoms with Crippen molar-refractivity contribution < 1.29 is 13.6 Å². The maximum absolute atomic E-state index is 13.6. The van der Waals surface area contributed by atoms with E-state index in [1.54, 1.807) is 24.3 Å². The molecule has 0 saturated heterocycles. The zero-order chi connectivity index (χ0) is 15.5. The predicted molar refractivity (Wildman–Crippen MR) is 77.7 cm³/mol. The van der Waals surface area contributed by atoms with Gasteiger partial charge in [0.1, 0.15) is 11.6 Å². The first-order valence-corrected chi connectivity index (χ1v) is 6.78. The molecule has 1 amide bonds. The molecule has 0 radical (unpaired) electrons. The summed E-state index contributed by atoms with van der Waals surface area (Å²) in [4.78, 5) is 11.5. The molecular weight excluding hydrogens is 272 g/mol. The molecule has 0 spiro atoms. The number of halogens is 2. The van der Waals surface area contributed by atoms with Gasteiger partial charge >= 0.3 is 0 Å². The van der Waals surface area contributed by atoms with Crippen LogP contribution in [-0.4, -0.2) is 5.91 Å². The molecule has 0 saturated carbocycles. The van der Waals surface area contributed by atoms with E-state index in [0.717, 1.165) is 0 Å². The molecule has 2 rings (SSSR count). The topological polar surface area (TPSA) is 43.1 Å². The molecule has 21 heavy (non-hydrogen) atoms. The van der Waals surface area contributed by atoms with Gasteiger partial charge in [-0.1, -0.05) is 31.2 Å². The Balaban J connectivity index is 2.66. The maximum Gasteiger partial charge on any atom is 0.218 e. The van der Waals surface area contributed by atoms with Crippen LogP contribution >= 0.6 is 0 Å². The van der Waals surface area contributed by atoms with E-state index in [2.05, 4.69) is 0 Å². The fraction of sp³-hybridized carbons (Fsp3) is 0.235. The molecule has 2 N–H and O–H groups in total. The largest absolute Gasteiger partial charge is 0.370 e. The molecule has 0 atom stereocenters. The first-order chi connectivity index (χ1) is 9.98. The fourth-order valence-electron chi connectivity index (χ4n) is 2.77. The summed E-state index contributed by atoms with van der Waals surface area (Å²) in [6.07, 6.45) is 0.499. The van der Waals surface area contributed by atoms with Crippen LogP contribution in [0.4, 0.5) is 8.78 Å². The highest BCUT2D eigenvalue weighted by molar-refractivity contribution is 5.76. The normalized spacial score (nSPS) is 11.4. The van der Waals surface area contributed by atoms with Gasteiger partial charge in [-0.2, -0.15) is 0 Å². The lowest BCUT2D eigenvalue weighted by molar-refractivity contribution is -0.119. The van der Waals surface area contributed by atoms with E-state index in [4.69, 9.17) is 5.73 Å². The van der Waals surface area contributed by atoms with E-state index < -0.39 is 23.0 Å². The third-order valence-electron chi connectivity index (χ3n) is 3.83. The van der Waals surface area contributed by atoms with Gasteiger partial charge in [-0.05, 0) is 41.8 Å². The number of hydrogen-bond donors (Lipinski definition) is 1. The molecule has 0 aliphatic carbocycles. The second-order valence-electron chi connectivity index (χ2n) is 5.10. The molecule has 0 unspecified atom stereocenters. The summed E-state index contributed by atoms with van der Waals surface area (Å²) in [5.41, 5.74) is 5.79. The van der Waals surface area contributed by atoms with Crippen LogP contribution in [0.15, 0.2) is 48.5 Å². The Morgan fingerprint density at radius 3 is 1.86 bits per heavy atom. The van der Waals surface area contributed by atoms with Crippen LogP contribution < -0.4 is 5.73 Å². The lowest BCUT2D eigenvalue weighted by atomic mass is 9.70. The Morgan fingerprint density at radius 1 is 1.05 bits per heavy atom.